The number of carboxylic acid groups (broad SMARTS) is 2. The monoisotopic (exact) mass is 1800 g/mol. The van der Waals surface area contributed by atoms with Crippen LogP contribution in [0.25, 0.3) is 10.9 Å². The second kappa shape index (κ2) is 48.1. The first-order chi connectivity index (χ1) is 60.9. The number of aliphatic carboxylic acids is 2. The van der Waals surface area contributed by atoms with Gasteiger partial charge in [0.2, 0.25) is 82.7 Å². The maximum Gasteiger partial charge on any atom is 0.326 e. The van der Waals surface area contributed by atoms with Gasteiger partial charge in [0.25, 0.3) is 0 Å². The number of guanidine groups is 1. The summed E-state index contributed by atoms with van der Waals surface area (Å²) in [7, 11) is 1.19. The summed E-state index contributed by atoms with van der Waals surface area (Å²) in [6.07, 6.45) is -3.36. The number of carbonyl (C=O) groups is 17. The first-order valence-corrected chi connectivity index (χ1v) is 42.3. The number of phenolic OH excluding ortho intramolecular Hbond substituents is 2. The summed E-state index contributed by atoms with van der Waals surface area (Å²) in [5, 5.41) is 102. The summed E-state index contributed by atoms with van der Waals surface area (Å²) in [6, 6.07) is -5.15. The second-order valence-electron chi connectivity index (χ2n) is 31.5. The lowest BCUT2D eigenvalue weighted by Crippen LogP contribution is -2.62. The van der Waals surface area contributed by atoms with E-state index in [0.29, 0.717) is 40.4 Å². The van der Waals surface area contributed by atoms with Gasteiger partial charge in [-0.15, -0.1) is 5.10 Å². The number of nitrogens with zero attached hydrogens (tertiary/aromatic N) is 5. The van der Waals surface area contributed by atoms with Gasteiger partial charge in [-0.3, -0.25) is 82.0 Å². The molecule has 2 aliphatic heterocycles. The Labute approximate surface area is 738 Å². The number of aliphatic hydroxyl groups is 1. The number of rotatable bonds is 32. The molecule has 3 aromatic carbocycles. The molecule has 0 spiro atoms. The normalized spacial score (nSPS) is 22.0. The molecule has 2 aromatic heterocycles. The number of hydrogen-bond donors (Lipinski definition) is 25. The molecule has 2 unspecified atom stereocenters. The number of aromatic amines is 1. The van der Waals surface area contributed by atoms with E-state index < -0.39 is 248 Å². The van der Waals surface area contributed by atoms with Gasteiger partial charge in [0.05, 0.1) is 24.8 Å². The zero-order valence-corrected chi connectivity index (χ0v) is 71.3. The molecule has 128 heavy (non-hydrogen) atoms. The molecule has 16 amide bonds. The summed E-state index contributed by atoms with van der Waals surface area (Å²) in [5.41, 5.74) is 24.1. The standard InChI is InChI=1S/C81H112N24O22S/c1-41(106)65-75(121)97-58(36-64(111)112)78(124)105-32-8-14-60(105)74(120)93-52(11-5-29-87-80(84)85)69(115)98-59(40-128)73(119)91-51(12-6-30-88-81(86)127)67(113)94-55(34-45-38-89-50-10-4-3-9-49(45)50)71(117)92-54(26-28-62(83)109)70(116)90-53(13-7-31-104-39-46(101-102-104)35-56(72(118)100-65)95-76(122)66(44-20-21-44)99-63(110)37-82)68(114)96-57(33-43-17-24-48(108)25-18-43)77(123)103(2)61(79(125)126)27-19-42-15-22-47(107)23-16-42/h3-4,9-10,15-18,22-25,38-39,41,44,51-61,65-66,89,106-108,128H,5-8,11-14,19-21,26-37,40,82H2,1-2H3,(H2,83,109)(H,90,116)(H,91,119)(H,92,117)(H,93,120)(H,94,113)(H,95,122)(H,96,114)(H,97,121)(H,98,115)(H,99,110)(H,100,118)(H,111,112)(H,125,126)(H4,84,85,87)(H3,86,88,127)/t41-,51-,52-,53-,54-,55+,56+,57-,58-,59?,60?,61-,65+,66+/m0/s1. The first kappa shape index (κ1) is 99.7. The molecule has 8 rings (SSSR count). The number of para-hydroxylation sites is 1. The third-order valence-electron chi connectivity index (χ3n) is 21.7. The number of benzene rings is 3. The topological polar surface area (TPSA) is 729 Å². The summed E-state index contributed by atoms with van der Waals surface area (Å²) >= 11 is 4.36. The Morgan fingerprint density at radius 2 is 1.24 bits per heavy atom. The van der Waals surface area contributed by atoms with Crippen LogP contribution in [0.2, 0.25) is 0 Å². The van der Waals surface area contributed by atoms with Crippen LogP contribution in [0.15, 0.2) is 85.2 Å². The molecule has 47 heteroatoms. The lowest BCUT2D eigenvalue weighted by atomic mass is 10.0. The molecule has 28 N–H and O–H groups in total. The number of nitrogens with one attached hydrogen (secondary N) is 15. The van der Waals surface area contributed by atoms with E-state index >= 15 is 24.0 Å². The number of likely N-dealkylation sites (N-methyl/N-ethyl adjacent to an activating group) is 1. The second-order valence-corrected chi connectivity index (χ2v) is 31.9. The highest BCUT2D eigenvalue weighted by molar-refractivity contribution is 7.80. The Balaban J connectivity index is 1.23. The number of H-pyrrole nitrogens is 1. The lowest BCUT2D eigenvalue weighted by Gasteiger charge is -2.31. The summed E-state index contributed by atoms with van der Waals surface area (Å²) in [4.78, 5) is 247. The Bertz CT molecular complexity index is 4820. The number of aromatic nitrogens is 4. The highest BCUT2D eigenvalue weighted by Crippen LogP contribution is 2.33. The number of carboxylic acids is 2. The number of carbonyl (C=O) groups excluding carboxylic acids is 15. The number of aryl methyl sites for hydroxylation is 2. The lowest BCUT2D eigenvalue weighted by molar-refractivity contribution is -0.150. The van der Waals surface area contributed by atoms with Gasteiger partial charge >= 0.3 is 18.0 Å². The number of thiol groups is 1. The predicted molar refractivity (Wildman–Crippen MR) is 457 cm³/mol. The number of amides is 16. The molecule has 0 radical (unpaired) electrons. The number of urea groups is 1. The van der Waals surface area contributed by atoms with Gasteiger partial charge < -0.3 is 132 Å². The fourth-order valence-corrected chi connectivity index (χ4v) is 14.9. The van der Waals surface area contributed by atoms with E-state index in [4.69, 9.17) is 28.3 Å². The van der Waals surface area contributed by atoms with Gasteiger partial charge in [-0.1, -0.05) is 47.7 Å². The Morgan fingerprint density at radius 3 is 1.84 bits per heavy atom. The Morgan fingerprint density at radius 1 is 0.664 bits per heavy atom. The maximum absolute atomic E-state index is 15.5. The molecule has 1 aliphatic carbocycles. The predicted octanol–water partition coefficient (Wildman–Crippen LogP) is -6.01. The summed E-state index contributed by atoms with van der Waals surface area (Å²) < 4.78 is 1.21. The van der Waals surface area contributed by atoms with E-state index in [1.807, 2.05) is 0 Å². The highest BCUT2D eigenvalue weighted by atomic mass is 32.1. The van der Waals surface area contributed by atoms with E-state index in [1.165, 1.54) is 60.5 Å². The summed E-state index contributed by atoms with van der Waals surface area (Å²) in [6.45, 7) is -0.203. The number of phenols is 2. The van der Waals surface area contributed by atoms with Gasteiger partial charge in [0.1, 0.15) is 90.0 Å². The van der Waals surface area contributed by atoms with Crippen LogP contribution < -0.4 is 92.1 Å². The number of aliphatic hydroxyl groups excluding tert-OH is 1. The Hall–Kier alpha value is -13.7. The average Bonchev–Trinajstić information content (AvgIpc) is 1.84. The number of fused-ring (bicyclic) bond motifs is 4. The van der Waals surface area contributed by atoms with Crippen molar-refractivity contribution in [3.8, 4) is 11.5 Å². The maximum atomic E-state index is 15.5. The Kier molecular flexibility index (Phi) is 37.5. The van der Waals surface area contributed by atoms with Gasteiger partial charge in [-0.25, -0.2) is 9.59 Å². The minimum absolute atomic E-state index is 0.0143. The van der Waals surface area contributed by atoms with Crippen LogP contribution >= 0.6 is 12.6 Å². The molecular weight excluding hydrogens is 1690 g/mol. The van der Waals surface area contributed by atoms with Crippen molar-refractivity contribution in [2.75, 3.05) is 39.0 Å². The molecule has 3 aliphatic rings. The largest absolute Gasteiger partial charge is 0.508 e. The SMILES string of the molecule is C[C@H](O)[C@H]1NC(=O)[C@H](NC(=O)[C@H](NC(=O)CN)C2CC2)Cc2cn(nn2)CCC[C@@H](C(=O)N[C@@H](Cc2ccc(O)cc2)C(=O)N(C)[C@@H](CCc2ccc(O)cc2)C(=O)O)NC(=O)[C@H](CCC(N)=O)NC(=O)[C@@H](Cc2c[nH]c3ccccc23)NC(=O)[C@H](CCCNC(N)=O)NC(=O)C(CS)NC(=O)[C@H](CCCNC(=N)N)NC(=O)C2CCCN2C(=O)[C@H](CC(=O)O)NC1=O. The molecule has 1 saturated heterocycles. The van der Waals surface area contributed by atoms with Crippen LogP contribution in [-0.4, -0.2) is 286 Å². The minimum Gasteiger partial charge on any atom is -0.508 e. The number of primary amides is 2. The third-order valence-corrected chi connectivity index (χ3v) is 22.1. The average molecular weight is 1810 g/mol. The van der Waals surface area contributed by atoms with Crippen LogP contribution in [0.1, 0.15) is 119 Å². The van der Waals surface area contributed by atoms with E-state index in [9.17, 15) is 83.1 Å². The molecule has 694 valence electrons. The molecule has 1 saturated carbocycles. The van der Waals surface area contributed by atoms with Gasteiger partial charge in [0.15, 0.2) is 5.96 Å². The van der Waals surface area contributed by atoms with Crippen molar-refractivity contribution in [1.29, 1.82) is 5.41 Å². The quantitative estimate of drug-likeness (QED) is 0.00825. The number of nitrogens with two attached hydrogens (primary N) is 4. The van der Waals surface area contributed by atoms with Gasteiger partial charge in [-0.2, -0.15) is 12.6 Å². The van der Waals surface area contributed by atoms with Crippen LogP contribution in [0.5, 0.6) is 11.5 Å². The van der Waals surface area contributed by atoms with Crippen molar-refractivity contribution in [3.05, 3.63) is 108 Å². The highest BCUT2D eigenvalue weighted by Gasteiger charge is 2.44. The van der Waals surface area contributed by atoms with E-state index in [-0.39, 0.29) is 108 Å². The zero-order valence-electron chi connectivity index (χ0n) is 70.4. The van der Waals surface area contributed by atoms with E-state index in [0.717, 1.165) is 16.7 Å². The summed E-state index contributed by atoms with van der Waals surface area (Å²) in [5.74, 6) is -19.8. The van der Waals surface area contributed by atoms with E-state index in [2.05, 4.69) is 97.0 Å². The first-order valence-electron chi connectivity index (χ1n) is 41.6. The molecule has 4 heterocycles. The molecule has 46 nitrogen and oxygen atoms in total. The minimum atomic E-state index is -2.07. The smallest absolute Gasteiger partial charge is 0.326 e. The van der Waals surface area contributed by atoms with Crippen molar-refractivity contribution in [3.63, 3.8) is 0 Å². The molecule has 14 atom stereocenters. The molecule has 2 fully saturated rings. The molecule has 5 aromatic rings. The number of hydrogen-bond acceptors (Lipinski definition) is 25. The van der Waals surface area contributed by atoms with Crippen LogP contribution in [0.3, 0.4) is 0 Å². The van der Waals surface area contributed by atoms with Crippen molar-refractivity contribution < 1.29 is 107 Å². The molecular formula is C81H112N24O22S. The van der Waals surface area contributed by atoms with Crippen molar-refractivity contribution in [2.45, 2.75) is 214 Å². The van der Waals surface area contributed by atoms with Crippen molar-refractivity contribution in [1.82, 2.24) is 98.9 Å². The van der Waals surface area contributed by atoms with Gasteiger partial charge in [0, 0.05) is 88.0 Å². The van der Waals surface area contributed by atoms with Gasteiger partial charge in [-0.05, 0) is 143 Å². The fraction of sp³-hybridized carbons (Fsp3) is 0.506. The van der Waals surface area contributed by atoms with Crippen LogP contribution in [0.4, 0.5) is 4.79 Å². The van der Waals surface area contributed by atoms with Crippen molar-refractivity contribution >= 4 is 130 Å². The number of aromatic hydroxyl groups is 2. The zero-order chi connectivity index (χ0) is 93.6. The van der Waals surface area contributed by atoms with Crippen LogP contribution in [-0.2, 0) is 109 Å². The van der Waals surface area contributed by atoms with E-state index in [1.54, 1.807) is 36.4 Å². The fourth-order valence-electron chi connectivity index (χ4n) is 14.7. The van der Waals surface area contributed by atoms with Crippen molar-refractivity contribution in [2.24, 2.45) is 28.9 Å². The third kappa shape index (κ3) is 30.3. The molecule has 2 bridgehead atoms. The van der Waals surface area contributed by atoms with Crippen LogP contribution in [0, 0.1) is 11.3 Å².